The van der Waals surface area contributed by atoms with E-state index in [2.05, 4.69) is 49.9 Å². The molecule has 0 amide bonds. The molecule has 0 aliphatic carbocycles. The third kappa shape index (κ3) is 3.86. The second kappa shape index (κ2) is 6.54. The maximum absolute atomic E-state index is 5.54. The summed E-state index contributed by atoms with van der Waals surface area (Å²) in [4.78, 5) is 2.41. The molecule has 2 N–H and O–H groups in total. The Morgan fingerprint density at radius 2 is 1.81 bits per heavy atom. The van der Waals surface area contributed by atoms with Crippen LogP contribution in [0.15, 0.2) is 24.3 Å². The number of anilines is 1. The molecule has 0 radical (unpaired) electrons. The van der Waals surface area contributed by atoms with E-state index >= 15 is 0 Å². The number of benzene rings is 1. The SMILES string of the molecule is CCN(CC(C)C)c1ccc(CCN)cc1. The summed E-state index contributed by atoms with van der Waals surface area (Å²) in [5.41, 5.74) is 8.18. The van der Waals surface area contributed by atoms with Crippen LogP contribution in [-0.4, -0.2) is 19.6 Å². The van der Waals surface area contributed by atoms with E-state index in [0.29, 0.717) is 5.92 Å². The predicted octanol–water partition coefficient (Wildman–Crippen LogP) is 2.67. The molecule has 0 aliphatic heterocycles. The minimum Gasteiger partial charge on any atom is -0.372 e. The highest BCUT2D eigenvalue weighted by Crippen LogP contribution is 2.16. The molecule has 0 aliphatic rings. The smallest absolute Gasteiger partial charge is 0.0366 e. The minimum atomic E-state index is 0.698. The van der Waals surface area contributed by atoms with Crippen LogP contribution in [0.3, 0.4) is 0 Å². The zero-order valence-electron chi connectivity index (χ0n) is 10.7. The molecule has 0 unspecified atom stereocenters. The van der Waals surface area contributed by atoms with Crippen LogP contribution in [-0.2, 0) is 6.42 Å². The van der Waals surface area contributed by atoms with E-state index in [0.717, 1.165) is 26.1 Å². The maximum atomic E-state index is 5.54. The van der Waals surface area contributed by atoms with Crippen LogP contribution in [0.25, 0.3) is 0 Å². The van der Waals surface area contributed by atoms with E-state index in [1.807, 2.05) is 0 Å². The van der Waals surface area contributed by atoms with Crippen molar-refractivity contribution in [2.75, 3.05) is 24.5 Å². The zero-order valence-corrected chi connectivity index (χ0v) is 10.7. The molecule has 1 rings (SSSR count). The number of hydrogen-bond donors (Lipinski definition) is 1. The lowest BCUT2D eigenvalue weighted by molar-refractivity contribution is 0.619. The van der Waals surface area contributed by atoms with Crippen molar-refractivity contribution < 1.29 is 0 Å². The van der Waals surface area contributed by atoms with Crippen molar-refractivity contribution in [3.63, 3.8) is 0 Å². The summed E-state index contributed by atoms with van der Waals surface area (Å²) >= 11 is 0. The summed E-state index contributed by atoms with van der Waals surface area (Å²) in [6.07, 6.45) is 0.969. The average molecular weight is 220 g/mol. The topological polar surface area (TPSA) is 29.3 Å². The molecule has 0 fully saturated rings. The summed E-state index contributed by atoms with van der Waals surface area (Å²) in [7, 11) is 0. The highest BCUT2D eigenvalue weighted by atomic mass is 15.1. The van der Waals surface area contributed by atoms with Gasteiger partial charge in [0, 0.05) is 18.8 Å². The molecule has 2 heteroatoms. The number of nitrogens with two attached hydrogens (primary N) is 1. The van der Waals surface area contributed by atoms with Gasteiger partial charge >= 0.3 is 0 Å². The molecule has 90 valence electrons. The fraction of sp³-hybridized carbons (Fsp3) is 0.571. The Morgan fingerprint density at radius 1 is 1.19 bits per heavy atom. The fourth-order valence-corrected chi connectivity index (χ4v) is 1.90. The first-order valence-corrected chi connectivity index (χ1v) is 6.21. The molecule has 0 aromatic heterocycles. The first-order valence-electron chi connectivity index (χ1n) is 6.21. The monoisotopic (exact) mass is 220 g/mol. The maximum Gasteiger partial charge on any atom is 0.0366 e. The van der Waals surface area contributed by atoms with E-state index in [-0.39, 0.29) is 0 Å². The van der Waals surface area contributed by atoms with Gasteiger partial charge in [-0.25, -0.2) is 0 Å². The van der Waals surface area contributed by atoms with Crippen molar-refractivity contribution in [3.05, 3.63) is 29.8 Å². The molecule has 2 nitrogen and oxygen atoms in total. The summed E-state index contributed by atoms with van der Waals surface area (Å²) in [6, 6.07) is 8.78. The van der Waals surface area contributed by atoms with E-state index in [9.17, 15) is 0 Å². The standard InChI is InChI=1S/C14H24N2/c1-4-16(11-12(2)3)14-7-5-13(6-8-14)9-10-15/h5-8,12H,4,9-11,15H2,1-3H3. The van der Waals surface area contributed by atoms with Gasteiger partial charge in [-0.15, -0.1) is 0 Å². The van der Waals surface area contributed by atoms with Gasteiger partial charge in [0.15, 0.2) is 0 Å². The molecule has 0 saturated heterocycles. The Hall–Kier alpha value is -1.02. The lowest BCUT2D eigenvalue weighted by Gasteiger charge is -2.25. The van der Waals surface area contributed by atoms with Gasteiger partial charge in [0.25, 0.3) is 0 Å². The first-order chi connectivity index (χ1) is 7.67. The van der Waals surface area contributed by atoms with Crippen molar-refractivity contribution >= 4 is 5.69 Å². The molecular weight excluding hydrogens is 196 g/mol. The first kappa shape index (κ1) is 13.0. The van der Waals surface area contributed by atoms with Gasteiger partial charge in [-0.05, 0) is 43.5 Å². The fourth-order valence-electron chi connectivity index (χ4n) is 1.90. The van der Waals surface area contributed by atoms with Gasteiger partial charge in [-0.2, -0.15) is 0 Å². The van der Waals surface area contributed by atoms with Gasteiger partial charge in [0.1, 0.15) is 0 Å². The molecule has 0 saturated carbocycles. The predicted molar refractivity (Wildman–Crippen MR) is 71.9 cm³/mol. The van der Waals surface area contributed by atoms with Crippen LogP contribution in [0.5, 0.6) is 0 Å². The third-order valence-electron chi connectivity index (χ3n) is 2.70. The van der Waals surface area contributed by atoms with Crippen LogP contribution >= 0.6 is 0 Å². The van der Waals surface area contributed by atoms with Crippen molar-refractivity contribution in [3.8, 4) is 0 Å². The summed E-state index contributed by atoms with van der Waals surface area (Å²) in [6.45, 7) is 9.62. The van der Waals surface area contributed by atoms with Crippen LogP contribution in [0.1, 0.15) is 26.3 Å². The van der Waals surface area contributed by atoms with Crippen molar-refractivity contribution in [2.24, 2.45) is 11.7 Å². The number of hydrogen-bond acceptors (Lipinski definition) is 2. The lowest BCUT2D eigenvalue weighted by Crippen LogP contribution is -2.27. The highest BCUT2D eigenvalue weighted by Gasteiger charge is 2.05. The summed E-state index contributed by atoms with van der Waals surface area (Å²) in [5, 5.41) is 0. The van der Waals surface area contributed by atoms with Crippen molar-refractivity contribution in [1.82, 2.24) is 0 Å². The number of rotatable bonds is 6. The molecule has 0 bridgehead atoms. The molecule has 0 spiro atoms. The van der Waals surface area contributed by atoms with Gasteiger partial charge in [0.05, 0.1) is 0 Å². The van der Waals surface area contributed by atoms with Gasteiger partial charge < -0.3 is 10.6 Å². The quantitative estimate of drug-likeness (QED) is 0.798. The van der Waals surface area contributed by atoms with Crippen molar-refractivity contribution in [1.29, 1.82) is 0 Å². The second-order valence-electron chi connectivity index (χ2n) is 4.64. The molecule has 1 aromatic carbocycles. The van der Waals surface area contributed by atoms with E-state index in [4.69, 9.17) is 5.73 Å². The molecular formula is C14H24N2. The largest absolute Gasteiger partial charge is 0.372 e. The molecule has 16 heavy (non-hydrogen) atoms. The summed E-state index contributed by atoms with van der Waals surface area (Å²) in [5.74, 6) is 0.698. The van der Waals surface area contributed by atoms with Gasteiger partial charge in [-0.1, -0.05) is 26.0 Å². The Balaban J connectivity index is 2.70. The second-order valence-corrected chi connectivity index (χ2v) is 4.64. The van der Waals surface area contributed by atoms with Crippen LogP contribution in [0.2, 0.25) is 0 Å². The minimum absolute atomic E-state index is 0.698. The normalized spacial score (nSPS) is 10.8. The third-order valence-corrected chi connectivity index (χ3v) is 2.70. The van der Waals surface area contributed by atoms with Crippen LogP contribution in [0, 0.1) is 5.92 Å². The van der Waals surface area contributed by atoms with Crippen LogP contribution in [0.4, 0.5) is 5.69 Å². The Bertz CT molecular complexity index is 290. The Morgan fingerprint density at radius 3 is 2.25 bits per heavy atom. The Labute approximate surface area is 99.5 Å². The van der Waals surface area contributed by atoms with Gasteiger partial charge in [0.2, 0.25) is 0 Å². The van der Waals surface area contributed by atoms with Crippen molar-refractivity contribution in [2.45, 2.75) is 27.2 Å². The van der Waals surface area contributed by atoms with Crippen LogP contribution < -0.4 is 10.6 Å². The summed E-state index contributed by atoms with van der Waals surface area (Å²) < 4.78 is 0. The zero-order chi connectivity index (χ0) is 12.0. The Kier molecular flexibility index (Phi) is 5.33. The molecule has 0 atom stereocenters. The average Bonchev–Trinajstić information content (AvgIpc) is 2.27. The number of nitrogens with zero attached hydrogens (tertiary/aromatic N) is 1. The highest BCUT2D eigenvalue weighted by molar-refractivity contribution is 5.47. The van der Waals surface area contributed by atoms with Gasteiger partial charge in [-0.3, -0.25) is 0 Å². The molecule has 1 aromatic rings. The molecule has 0 heterocycles. The van der Waals surface area contributed by atoms with E-state index < -0.39 is 0 Å². The lowest BCUT2D eigenvalue weighted by atomic mass is 10.1. The van der Waals surface area contributed by atoms with E-state index in [1.54, 1.807) is 0 Å². The van der Waals surface area contributed by atoms with E-state index in [1.165, 1.54) is 11.3 Å².